The van der Waals surface area contributed by atoms with Crippen molar-refractivity contribution in [3.63, 3.8) is 0 Å². The molecule has 7 heteroatoms. The van der Waals surface area contributed by atoms with E-state index in [9.17, 15) is 9.59 Å². The topological polar surface area (TPSA) is 94.1 Å². The van der Waals surface area contributed by atoms with Crippen molar-refractivity contribution < 1.29 is 28.9 Å². The second kappa shape index (κ2) is 16.3. The number of carbonyl (C=O) groups excluding carboxylic acids is 1. The maximum absolute atomic E-state index is 12.6. The summed E-state index contributed by atoms with van der Waals surface area (Å²) in [6.45, 7) is 7.71. The first-order chi connectivity index (χ1) is 15.0. The summed E-state index contributed by atoms with van der Waals surface area (Å²) in [6, 6.07) is 3.41. The summed E-state index contributed by atoms with van der Waals surface area (Å²) in [5.41, 5.74) is 0.497. The molecule has 0 fully saturated rings. The molecule has 31 heavy (non-hydrogen) atoms. The Bertz CT molecular complexity index is 634. The molecule has 0 aliphatic rings. The fraction of sp³-hybridized carbons (Fsp3) is 0.667. The van der Waals surface area contributed by atoms with Gasteiger partial charge in [-0.1, -0.05) is 38.5 Å². The van der Waals surface area contributed by atoms with E-state index in [1.165, 1.54) is 0 Å². The normalized spacial score (nSPS) is 10.5. The fourth-order valence-electron chi connectivity index (χ4n) is 3.29. The number of carboxylic acid groups (broad SMARTS) is 1. The molecule has 0 saturated carbocycles. The van der Waals surface area contributed by atoms with Crippen LogP contribution in [0, 0.1) is 0 Å². The molecular formula is C24H39NO6. The van der Waals surface area contributed by atoms with Gasteiger partial charge in [0.15, 0.2) is 11.5 Å². The Morgan fingerprint density at radius 1 is 0.774 bits per heavy atom. The number of unbranched alkanes of at least 4 members (excludes halogenated alkanes) is 7. The predicted molar refractivity (Wildman–Crippen MR) is 121 cm³/mol. The Labute approximate surface area is 186 Å². The Morgan fingerprint density at radius 2 is 1.26 bits per heavy atom. The van der Waals surface area contributed by atoms with Gasteiger partial charge in [0.2, 0.25) is 5.75 Å². The lowest BCUT2D eigenvalue weighted by Gasteiger charge is -2.17. The van der Waals surface area contributed by atoms with Crippen LogP contribution < -0.4 is 19.5 Å². The summed E-state index contributed by atoms with van der Waals surface area (Å²) in [6.07, 6.45) is 8.51. The molecule has 1 amide bonds. The minimum atomic E-state index is -0.712. The molecule has 0 heterocycles. The molecule has 0 unspecified atom stereocenters. The molecule has 0 aliphatic carbocycles. The van der Waals surface area contributed by atoms with Crippen molar-refractivity contribution in [2.75, 3.05) is 26.4 Å². The summed E-state index contributed by atoms with van der Waals surface area (Å²) < 4.78 is 17.0. The third kappa shape index (κ3) is 10.9. The van der Waals surface area contributed by atoms with Crippen LogP contribution in [0.3, 0.4) is 0 Å². The molecule has 0 bridgehead atoms. The van der Waals surface area contributed by atoms with Gasteiger partial charge in [-0.2, -0.15) is 0 Å². The monoisotopic (exact) mass is 437 g/mol. The largest absolute Gasteiger partial charge is 0.490 e. The van der Waals surface area contributed by atoms with Crippen molar-refractivity contribution in [2.45, 2.75) is 78.6 Å². The van der Waals surface area contributed by atoms with Crippen LogP contribution in [-0.2, 0) is 4.79 Å². The molecule has 0 spiro atoms. The van der Waals surface area contributed by atoms with E-state index in [1.54, 1.807) is 12.1 Å². The number of rotatable bonds is 18. The van der Waals surface area contributed by atoms with E-state index in [2.05, 4.69) is 5.32 Å². The Balaban J connectivity index is 2.40. The second-order valence-corrected chi connectivity index (χ2v) is 7.33. The molecule has 0 aliphatic heterocycles. The smallest absolute Gasteiger partial charge is 0.303 e. The SMILES string of the molecule is CCOc1cc(C(=O)NCCCCCCCCCCC(=O)O)cc(OCC)c1OCC. The van der Waals surface area contributed by atoms with Crippen molar-refractivity contribution in [3.05, 3.63) is 17.7 Å². The highest BCUT2D eigenvalue weighted by molar-refractivity contribution is 5.95. The van der Waals surface area contributed by atoms with Gasteiger partial charge in [0, 0.05) is 18.5 Å². The first kappa shape index (κ1) is 26.6. The Morgan fingerprint density at radius 3 is 1.74 bits per heavy atom. The number of carbonyl (C=O) groups is 2. The molecule has 0 atom stereocenters. The van der Waals surface area contributed by atoms with Crippen molar-refractivity contribution in [1.82, 2.24) is 5.32 Å². The van der Waals surface area contributed by atoms with E-state index in [-0.39, 0.29) is 12.3 Å². The van der Waals surface area contributed by atoms with Crippen molar-refractivity contribution in [3.8, 4) is 17.2 Å². The van der Waals surface area contributed by atoms with Gasteiger partial charge in [0.1, 0.15) is 0 Å². The molecule has 1 aromatic rings. The van der Waals surface area contributed by atoms with Gasteiger partial charge >= 0.3 is 5.97 Å². The van der Waals surface area contributed by atoms with E-state index in [4.69, 9.17) is 19.3 Å². The number of hydrogen-bond acceptors (Lipinski definition) is 5. The van der Waals surface area contributed by atoms with E-state index in [1.807, 2.05) is 20.8 Å². The minimum Gasteiger partial charge on any atom is -0.490 e. The average molecular weight is 438 g/mol. The highest BCUT2D eigenvalue weighted by Crippen LogP contribution is 2.39. The van der Waals surface area contributed by atoms with Gasteiger partial charge < -0.3 is 24.6 Å². The van der Waals surface area contributed by atoms with Crippen LogP contribution in [0.5, 0.6) is 17.2 Å². The zero-order valence-electron chi connectivity index (χ0n) is 19.3. The van der Waals surface area contributed by atoms with Crippen LogP contribution >= 0.6 is 0 Å². The third-order valence-corrected chi connectivity index (χ3v) is 4.77. The van der Waals surface area contributed by atoms with Gasteiger partial charge in [-0.25, -0.2) is 0 Å². The number of hydrogen-bond donors (Lipinski definition) is 2. The van der Waals surface area contributed by atoms with Crippen molar-refractivity contribution >= 4 is 11.9 Å². The van der Waals surface area contributed by atoms with Gasteiger partial charge in [0.05, 0.1) is 19.8 Å². The number of aliphatic carboxylic acids is 1. The van der Waals surface area contributed by atoms with E-state index in [0.717, 1.165) is 51.4 Å². The zero-order valence-corrected chi connectivity index (χ0v) is 19.3. The zero-order chi connectivity index (χ0) is 22.9. The van der Waals surface area contributed by atoms with Crippen LogP contribution in [0.25, 0.3) is 0 Å². The van der Waals surface area contributed by atoms with E-state index in [0.29, 0.717) is 49.2 Å². The third-order valence-electron chi connectivity index (χ3n) is 4.77. The van der Waals surface area contributed by atoms with Crippen molar-refractivity contribution in [2.24, 2.45) is 0 Å². The average Bonchev–Trinajstić information content (AvgIpc) is 2.74. The maximum atomic E-state index is 12.6. The Hall–Kier alpha value is -2.44. The molecule has 7 nitrogen and oxygen atoms in total. The lowest BCUT2D eigenvalue weighted by atomic mass is 10.1. The van der Waals surface area contributed by atoms with Gasteiger partial charge in [0.25, 0.3) is 5.91 Å². The molecule has 0 saturated heterocycles. The molecule has 0 aromatic heterocycles. The summed E-state index contributed by atoms with van der Waals surface area (Å²) in [4.78, 5) is 23.1. The van der Waals surface area contributed by atoms with Crippen LogP contribution in [-0.4, -0.2) is 43.3 Å². The number of ether oxygens (including phenoxy) is 3. The summed E-state index contributed by atoms with van der Waals surface area (Å²) in [5.74, 6) is 0.706. The number of nitrogens with one attached hydrogen (secondary N) is 1. The van der Waals surface area contributed by atoms with Crippen LogP contribution in [0.4, 0.5) is 0 Å². The Kier molecular flexibility index (Phi) is 14.0. The van der Waals surface area contributed by atoms with Crippen molar-refractivity contribution in [1.29, 1.82) is 0 Å². The van der Waals surface area contributed by atoms with Gasteiger partial charge in [-0.15, -0.1) is 0 Å². The fourth-order valence-corrected chi connectivity index (χ4v) is 3.29. The van der Waals surface area contributed by atoms with Crippen LogP contribution in [0.15, 0.2) is 12.1 Å². The van der Waals surface area contributed by atoms with Crippen LogP contribution in [0.1, 0.15) is 88.9 Å². The first-order valence-corrected chi connectivity index (χ1v) is 11.6. The molecule has 1 rings (SSSR count). The predicted octanol–water partition coefficient (Wildman–Crippen LogP) is 5.21. The summed E-state index contributed by atoms with van der Waals surface area (Å²) in [7, 11) is 0. The minimum absolute atomic E-state index is 0.150. The van der Waals surface area contributed by atoms with E-state index < -0.39 is 5.97 Å². The lowest BCUT2D eigenvalue weighted by Crippen LogP contribution is -2.24. The second-order valence-electron chi connectivity index (χ2n) is 7.33. The molecule has 176 valence electrons. The number of carboxylic acids is 1. The molecule has 1 aromatic carbocycles. The molecule has 0 radical (unpaired) electrons. The quantitative estimate of drug-likeness (QED) is 0.306. The summed E-state index contributed by atoms with van der Waals surface area (Å²) in [5, 5.41) is 11.6. The van der Waals surface area contributed by atoms with E-state index >= 15 is 0 Å². The first-order valence-electron chi connectivity index (χ1n) is 11.6. The number of amides is 1. The van der Waals surface area contributed by atoms with Gasteiger partial charge in [-0.3, -0.25) is 9.59 Å². The number of benzene rings is 1. The molecular weight excluding hydrogens is 398 g/mol. The van der Waals surface area contributed by atoms with Crippen LogP contribution in [0.2, 0.25) is 0 Å². The lowest BCUT2D eigenvalue weighted by molar-refractivity contribution is -0.137. The van der Waals surface area contributed by atoms with Gasteiger partial charge in [-0.05, 0) is 45.7 Å². The maximum Gasteiger partial charge on any atom is 0.303 e. The highest BCUT2D eigenvalue weighted by Gasteiger charge is 2.18. The highest BCUT2D eigenvalue weighted by atomic mass is 16.5. The molecule has 2 N–H and O–H groups in total. The summed E-state index contributed by atoms with van der Waals surface area (Å²) >= 11 is 0. The standard InChI is InChI=1S/C24H39NO6/c1-4-29-20-17-19(18-21(30-5-2)23(20)31-6-3)24(28)25-16-14-12-10-8-7-9-11-13-15-22(26)27/h17-18H,4-16H2,1-3H3,(H,25,28)(H,26,27).